The fraction of sp³-hybridized carbons (Fsp3) is 0.318. The molecule has 7 heteroatoms. The number of methoxy groups -OCH3 is 1. The summed E-state index contributed by atoms with van der Waals surface area (Å²) in [5.74, 6) is 0.0322. The molecule has 152 valence electrons. The highest BCUT2D eigenvalue weighted by atomic mass is 35.5. The Morgan fingerprint density at radius 1 is 1.21 bits per heavy atom. The maximum Gasteiger partial charge on any atom is 0.271 e. The van der Waals surface area contributed by atoms with Gasteiger partial charge in [0.1, 0.15) is 11.9 Å². The van der Waals surface area contributed by atoms with Gasteiger partial charge in [0.05, 0.1) is 12.1 Å². The van der Waals surface area contributed by atoms with E-state index in [1.165, 1.54) is 0 Å². The Balaban J connectivity index is 1.50. The second kappa shape index (κ2) is 8.16. The van der Waals surface area contributed by atoms with Crippen molar-refractivity contribution in [3.63, 3.8) is 0 Å². The molecule has 0 bridgehead atoms. The summed E-state index contributed by atoms with van der Waals surface area (Å²) in [5.41, 5.74) is 13.1. The Kier molecular flexibility index (Phi) is 5.61. The van der Waals surface area contributed by atoms with Crippen molar-refractivity contribution in [2.24, 2.45) is 5.73 Å². The minimum atomic E-state index is -0.436. The Bertz CT molecular complexity index is 913. The third-order valence-electron chi connectivity index (χ3n) is 5.46. The maximum atomic E-state index is 13.1. The molecule has 6 nitrogen and oxygen atoms in total. The summed E-state index contributed by atoms with van der Waals surface area (Å²) >= 11 is 6.00. The van der Waals surface area contributed by atoms with Crippen molar-refractivity contribution in [2.75, 3.05) is 13.7 Å². The number of hydrogen-bond donors (Lipinski definition) is 2. The maximum absolute atomic E-state index is 13.1. The number of nitrogens with zero attached hydrogens (tertiary/aromatic N) is 2. The average Bonchev–Trinajstić information content (AvgIpc) is 3.19. The van der Waals surface area contributed by atoms with Crippen LogP contribution < -0.4 is 11.2 Å². The molecule has 2 aromatic carbocycles. The van der Waals surface area contributed by atoms with Crippen molar-refractivity contribution in [3.05, 3.63) is 82.0 Å². The predicted molar refractivity (Wildman–Crippen MR) is 113 cm³/mol. The van der Waals surface area contributed by atoms with E-state index in [-0.39, 0.29) is 18.0 Å². The molecule has 0 radical (unpaired) electrons. The molecule has 4 rings (SSSR count). The molecule has 1 amide bonds. The second-order valence-electron chi connectivity index (χ2n) is 7.51. The minimum absolute atomic E-state index is 0.0322. The second-order valence-corrected chi connectivity index (χ2v) is 7.95. The molecule has 2 aliphatic heterocycles. The first-order valence-electron chi connectivity index (χ1n) is 9.65. The van der Waals surface area contributed by atoms with E-state index in [2.05, 4.69) is 12.3 Å². The summed E-state index contributed by atoms with van der Waals surface area (Å²) < 4.78 is 5.14. The van der Waals surface area contributed by atoms with Gasteiger partial charge in [-0.2, -0.15) is 0 Å². The third kappa shape index (κ3) is 4.02. The van der Waals surface area contributed by atoms with Crippen LogP contribution in [0.1, 0.15) is 35.9 Å². The molecular formula is C22H25ClN4O2. The number of rotatable bonds is 5. The molecule has 2 aromatic rings. The number of carbonyl (C=O) groups is 1. The van der Waals surface area contributed by atoms with Gasteiger partial charge in [0, 0.05) is 25.2 Å². The first-order chi connectivity index (χ1) is 14.0. The normalized spacial score (nSPS) is 22.5. The molecule has 0 aliphatic carbocycles. The Hall–Kier alpha value is -2.38. The first kappa shape index (κ1) is 19.9. The molecule has 0 aromatic heterocycles. The summed E-state index contributed by atoms with van der Waals surface area (Å²) in [7, 11) is 1.58. The molecule has 2 aliphatic rings. The molecule has 3 unspecified atom stereocenters. The molecule has 1 saturated heterocycles. The zero-order valence-electron chi connectivity index (χ0n) is 16.5. The van der Waals surface area contributed by atoms with Gasteiger partial charge in [-0.3, -0.25) is 9.80 Å². The number of carbonyl (C=O) groups excluding carboxylic acids is 1. The number of hydrogen-bond acceptors (Lipinski definition) is 5. The average molecular weight is 413 g/mol. The van der Waals surface area contributed by atoms with Crippen LogP contribution in [0.15, 0.2) is 60.3 Å². The van der Waals surface area contributed by atoms with E-state index >= 15 is 0 Å². The van der Waals surface area contributed by atoms with E-state index in [0.717, 1.165) is 16.7 Å². The van der Waals surface area contributed by atoms with Gasteiger partial charge in [-0.25, -0.2) is 5.43 Å². The number of nitrogens with one attached hydrogen (secondary N) is 1. The van der Waals surface area contributed by atoms with Crippen LogP contribution in [-0.4, -0.2) is 35.5 Å². The van der Waals surface area contributed by atoms with Gasteiger partial charge in [0.15, 0.2) is 0 Å². The van der Waals surface area contributed by atoms with E-state index < -0.39 is 6.23 Å². The van der Waals surface area contributed by atoms with Crippen LogP contribution in [0.25, 0.3) is 0 Å². The molecule has 29 heavy (non-hydrogen) atoms. The number of piperazine rings is 1. The van der Waals surface area contributed by atoms with Crippen molar-refractivity contribution < 1.29 is 9.53 Å². The van der Waals surface area contributed by atoms with Crippen molar-refractivity contribution in [1.29, 1.82) is 0 Å². The van der Waals surface area contributed by atoms with Gasteiger partial charge < -0.3 is 15.4 Å². The van der Waals surface area contributed by atoms with Gasteiger partial charge in [0.2, 0.25) is 0 Å². The fourth-order valence-electron chi connectivity index (χ4n) is 3.83. The van der Waals surface area contributed by atoms with Gasteiger partial charge in [0.25, 0.3) is 5.91 Å². The molecule has 3 atom stereocenters. The van der Waals surface area contributed by atoms with Crippen LogP contribution in [0.2, 0.25) is 5.02 Å². The van der Waals surface area contributed by atoms with Crippen molar-refractivity contribution in [2.45, 2.75) is 31.8 Å². The monoisotopic (exact) mass is 412 g/mol. The van der Waals surface area contributed by atoms with Gasteiger partial charge >= 0.3 is 0 Å². The molecule has 2 heterocycles. The van der Waals surface area contributed by atoms with E-state index in [1.807, 2.05) is 64.5 Å². The van der Waals surface area contributed by atoms with Crippen LogP contribution in [0, 0.1) is 0 Å². The van der Waals surface area contributed by atoms with Gasteiger partial charge in [-0.15, -0.1) is 0 Å². The third-order valence-corrected chi connectivity index (χ3v) is 5.71. The highest BCUT2D eigenvalue weighted by molar-refractivity contribution is 6.30. The van der Waals surface area contributed by atoms with Gasteiger partial charge in [-0.05, 0) is 41.8 Å². The van der Waals surface area contributed by atoms with E-state index in [9.17, 15) is 4.79 Å². The summed E-state index contributed by atoms with van der Waals surface area (Å²) in [6, 6.07) is 15.7. The van der Waals surface area contributed by atoms with Crippen LogP contribution >= 0.6 is 11.6 Å². The molecule has 0 spiro atoms. The van der Waals surface area contributed by atoms with Crippen molar-refractivity contribution in [3.8, 4) is 0 Å². The lowest BCUT2D eigenvalue weighted by atomic mass is 10.1. The van der Waals surface area contributed by atoms with E-state index in [0.29, 0.717) is 23.8 Å². The highest BCUT2D eigenvalue weighted by Crippen LogP contribution is 2.31. The lowest BCUT2D eigenvalue weighted by Gasteiger charge is -2.40. The van der Waals surface area contributed by atoms with Crippen LogP contribution in [0.5, 0.6) is 0 Å². The summed E-state index contributed by atoms with van der Waals surface area (Å²) in [6.45, 7) is 3.32. The van der Waals surface area contributed by atoms with Crippen molar-refractivity contribution >= 4 is 17.5 Å². The van der Waals surface area contributed by atoms with Crippen LogP contribution in [0.3, 0.4) is 0 Å². The molecular weight excluding hydrogens is 388 g/mol. The summed E-state index contributed by atoms with van der Waals surface area (Å²) in [6.07, 6.45) is 1.56. The van der Waals surface area contributed by atoms with Gasteiger partial charge in [-0.1, -0.05) is 48.0 Å². The Morgan fingerprint density at radius 2 is 1.90 bits per heavy atom. The number of nitrogens with two attached hydrogens (primary N) is 1. The number of hydrazine groups is 1. The predicted octanol–water partition coefficient (Wildman–Crippen LogP) is 3.12. The number of halogens is 1. The quantitative estimate of drug-likeness (QED) is 0.738. The zero-order chi connectivity index (χ0) is 20.5. The minimum Gasteiger partial charge on any atom is -0.363 e. The standard InChI is InChI=1S/C22H25ClN4O2/c1-14-12-26(13-15-3-5-17(6-4-15)21(24)29-2)22(28)20-11-19(25-27(14)20)16-7-9-18(23)10-8-16/h3-11,14,19,21,25H,12-13,24H2,1-2H3. The SMILES string of the molecule is COC(N)c1ccc(CN2CC(C)N3NC(c4ccc(Cl)cc4)C=C3C2=O)cc1. The first-order valence-corrected chi connectivity index (χ1v) is 10.0. The fourth-order valence-corrected chi connectivity index (χ4v) is 3.95. The molecule has 0 saturated carbocycles. The highest BCUT2D eigenvalue weighted by Gasteiger charge is 2.39. The lowest BCUT2D eigenvalue weighted by molar-refractivity contribution is -0.134. The number of fused-ring (bicyclic) bond motifs is 1. The topological polar surface area (TPSA) is 70.8 Å². The van der Waals surface area contributed by atoms with E-state index in [1.54, 1.807) is 7.11 Å². The largest absolute Gasteiger partial charge is 0.363 e. The molecule has 1 fully saturated rings. The smallest absolute Gasteiger partial charge is 0.271 e. The van der Waals surface area contributed by atoms with Crippen LogP contribution in [0.4, 0.5) is 0 Å². The Morgan fingerprint density at radius 3 is 2.55 bits per heavy atom. The van der Waals surface area contributed by atoms with Crippen molar-refractivity contribution in [1.82, 2.24) is 15.3 Å². The molecule has 3 N–H and O–H groups in total. The number of ether oxygens (including phenoxy) is 1. The summed E-state index contributed by atoms with van der Waals surface area (Å²) in [5, 5.41) is 2.68. The lowest BCUT2D eigenvalue weighted by Crippen LogP contribution is -2.55. The Labute approximate surface area is 175 Å². The number of amides is 1. The zero-order valence-corrected chi connectivity index (χ0v) is 17.3. The van der Waals surface area contributed by atoms with Crippen LogP contribution in [-0.2, 0) is 16.1 Å². The summed E-state index contributed by atoms with van der Waals surface area (Å²) in [4.78, 5) is 15.0. The van der Waals surface area contributed by atoms with E-state index in [4.69, 9.17) is 22.1 Å². The number of benzene rings is 2.